The number of imide groups is 1. The van der Waals surface area contributed by atoms with E-state index in [0.29, 0.717) is 5.56 Å². The van der Waals surface area contributed by atoms with Gasteiger partial charge in [0.05, 0.1) is 31.3 Å². The van der Waals surface area contributed by atoms with E-state index in [-0.39, 0.29) is 91.5 Å². The first-order valence-electron chi connectivity index (χ1n) is 28.3. The van der Waals surface area contributed by atoms with Crippen LogP contribution in [0.1, 0.15) is 64.0 Å². The second kappa shape index (κ2) is 30.4. The van der Waals surface area contributed by atoms with Crippen LogP contribution in [0.2, 0.25) is 0 Å². The lowest BCUT2D eigenvalue weighted by molar-refractivity contribution is -0.137. The number of nitrogens with two attached hydrogens (primary N) is 2. The fourth-order valence-corrected chi connectivity index (χ4v) is 11.3. The zero-order chi connectivity index (χ0) is 65.9. The van der Waals surface area contributed by atoms with E-state index in [0.717, 1.165) is 39.2 Å². The van der Waals surface area contributed by atoms with E-state index >= 15 is 8.78 Å². The predicted octanol–water partition coefficient (Wildman–Crippen LogP) is 2.46. The van der Waals surface area contributed by atoms with Gasteiger partial charge in [0, 0.05) is 59.3 Å². The van der Waals surface area contributed by atoms with Gasteiger partial charge in [0.25, 0.3) is 11.8 Å². The molecule has 3 saturated heterocycles. The van der Waals surface area contributed by atoms with Crippen LogP contribution in [-0.2, 0) is 72.2 Å². The summed E-state index contributed by atoms with van der Waals surface area (Å²) in [6, 6.07) is 1.87. The fraction of sp³-hybridized carbons (Fsp3) is 0.500. The first-order chi connectivity index (χ1) is 44.0. The normalized spacial score (nSPS) is 23.0. The lowest BCUT2D eigenvalue weighted by Crippen LogP contribution is -2.54. The number of fused-ring (bicyclic) bond motifs is 2. The summed E-state index contributed by atoms with van der Waals surface area (Å²) in [5, 5.41) is 12.7. The van der Waals surface area contributed by atoms with Gasteiger partial charge in [-0.05, 0) is 36.5 Å². The summed E-state index contributed by atoms with van der Waals surface area (Å²) >= 11 is 0. The molecule has 0 bridgehead atoms. The number of benzene rings is 1. The van der Waals surface area contributed by atoms with Crippen molar-refractivity contribution in [1.29, 1.82) is 0 Å². The molecular formula is C52H62F3N17O18P2+2. The molecule has 0 aliphatic carbocycles. The molecule has 35 nitrogen and oxygen atoms in total. The maximum absolute atomic E-state index is 16.5. The Balaban J connectivity index is 0.748. The van der Waals surface area contributed by atoms with E-state index in [1.54, 1.807) is 13.8 Å². The summed E-state index contributed by atoms with van der Waals surface area (Å²) in [5.41, 5.74) is 11.9. The number of halogens is 3. The highest BCUT2D eigenvalue weighted by atomic mass is 31.1. The van der Waals surface area contributed by atoms with Gasteiger partial charge in [-0.2, -0.15) is 0 Å². The SMILES string of the molecule is CC(C)C(NC(=O)CCN1C(=O)C=CC1=O)C(=O)NC(CCCNC(N)=O)C(=O)Nc1ccc(COC(=O)N2CC(F)CC2COC(=O)Nc2ncnc3c2ncn3C2OC(CO[P+](=O)O)C(O[P+](=O)OCC3CC(F)C(n4cnc5c(N)ncnc54)O3)C2F)cc1. The third kappa shape index (κ3) is 16.7. The van der Waals surface area contributed by atoms with E-state index in [9.17, 15) is 56.8 Å². The molecule has 0 radical (unpaired) electrons. The van der Waals surface area contributed by atoms with Crippen LogP contribution in [-0.4, -0.2) is 196 Å². The minimum Gasteiger partial charge on any atom is -0.447 e. The topological polar surface area (TPSA) is 461 Å². The number of hydrogen-bond acceptors (Lipinski definition) is 24. The number of imidazole rings is 2. The van der Waals surface area contributed by atoms with Crippen LogP contribution >= 0.6 is 16.5 Å². The van der Waals surface area contributed by atoms with E-state index in [1.165, 1.54) is 41.5 Å². The van der Waals surface area contributed by atoms with Crippen LogP contribution < -0.4 is 38.1 Å². The number of ether oxygens (including phenoxy) is 4. The number of carbonyl (C=O) groups excluding carboxylic acids is 8. The van der Waals surface area contributed by atoms with Crippen molar-refractivity contribution in [3.05, 3.63) is 67.3 Å². The van der Waals surface area contributed by atoms with Crippen molar-refractivity contribution in [2.75, 3.05) is 55.8 Å². The van der Waals surface area contributed by atoms with Crippen molar-refractivity contribution in [2.24, 2.45) is 11.7 Å². The smallest absolute Gasteiger partial charge is 0.447 e. The van der Waals surface area contributed by atoms with Crippen LogP contribution in [0.5, 0.6) is 0 Å². The summed E-state index contributed by atoms with van der Waals surface area (Å²) < 4.78 is 112. The molecule has 40 heteroatoms. The average Bonchev–Trinajstić information content (AvgIpc) is 1.64. The molecule has 10 N–H and O–H groups in total. The van der Waals surface area contributed by atoms with Crippen molar-refractivity contribution >= 4 is 104 Å². The third-order valence-corrected chi connectivity index (χ3v) is 15.9. The molecule has 4 aliphatic rings. The molecule has 9 amide bonds. The number of primary amides is 1. The Bertz CT molecular complexity index is 3610. The molecule has 4 aromatic heterocycles. The number of nitrogens with zero attached hydrogens (tertiary/aromatic N) is 10. The average molecular weight is 1330 g/mol. The molecule has 5 aromatic rings. The molecule has 13 unspecified atom stereocenters. The number of hydrogen-bond donors (Lipinski definition) is 8. The number of carbonyl (C=O) groups is 8. The molecular weight excluding hydrogens is 1270 g/mol. The van der Waals surface area contributed by atoms with Crippen molar-refractivity contribution in [2.45, 2.75) is 120 Å². The van der Waals surface area contributed by atoms with Crippen LogP contribution in [0, 0.1) is 5.92 Å². The second-order valence-electron chi connectivity index (χ2n) is 21.5. The fourth-order valence-electron chi connectivity index (χ4n) is 10.2. The molecule has 0 spiro atoms. The lowest BCUT2D eigenvalue weighted by atomic mass is 10.0. The molecule has 3 fully saturated rings. The summed E-state index contributed by atoms with van der Waals surface area (Å²) in [7, 11) is -6.42. The summed E-state index contributed by atoms with van der Waals surface area (Å²) in [6.45, 7) is 0.699. The highest BCUT2D eigenvalue weighted by Crippen LogP contribution is 2.43. The van der Waals surface area contributed by atoms with Crippen molar-refractivity contribution in [3.8, 4) is 0 Å². The number of nitrogen functional groups attached to an aromatic ring is 1. The zero-order valence-corrected chi connectivity index (χ0v) is 50.5. The minimum absolute atomic E-state index is 0.0136. The predicted molar refractivity (Wildman–Crippen MR) is 308 cm³/mol. The number of amides is 9. The van der Waals surface area contributed by atoms with E-state index in [1.807, 2.05) is 0 Å². The third-order valence-electron chi connectivity index (χ3n) is 14.8. The Kier molecular flexibility index (Phi) is 22.3. The molecule has 492 valence electrons. The first-order valence-corrected chi connectivity index (χ1v) is 30.6. The molecule has 9 rings (SSSR count). The van der Waals surface area contributed by atoms with Gasteiger partial charge in [0.15, 0.2) is 53.2 Å². The van der Waals surface area contributed by atoms with Gasteiger partial charge >= 0.3 is 34.7 Å². The summed E-state index contributed by atoms with van der Waals surface area (Å²) in [6.07, 6.45) is -8.41. The maximum atomic E-state index is 16.5. The maximum Gasteiger partial charge on any atom is 0.697 e. The number of likely N-dealkylation sites (tertiary alicyclic amines) is 1. The number of anilines is 3. The minimum atomic E-state index is -3.23. The number of aromatic nitrogens is 8. The Morgan fingerprint density at radius 3 is 2.22 bits per heavy atom. The van der Waals surface area contributed by atoms with Crippen molar-refractivity contribution in [3.63, 3.8) is 0 Å². The molecule has 4 aliphatic heterocycles. The number of alkyl halides is 3. The van der Waals surface area contributed by atoms with E-state index < -0.39 is 164 Å². The highest BCUT2D eigenvalue weighted by molar-refractivity contribution is 7.33. The standard InChI is InChI=1S/C52H60F3N17O18P2/c1-25(2)38(67-34(73)11-13-69-35(74)9-10-36(69)75)47(77)66-32(4-3-12-58-50(57)78)46(76)65-28-7-5-26(6-8-28)17-85-52(80)70-16-27(53)14-29(70)18-84-51(79)68-43-40-45(62-22-60-43)72(24-64-40)49-37(55)41(33(89-49)20-86-91(81)82)90-92(83)87-19-30-15-31(54)48(88-30)71-23-63-39-42(56)59-21-61-44(39)71/h5-10,21-25,27,29-33,37-38,41,48-49H,3-4,11-20H2,1-2H3,(H8-2,56,57,58,59,60,61,62,65,66,67,68,73,76,77,78,79,81,82)/p+2. The van der Waals surface area contributed by atoms with Gasteiger partial charge in [0.1, 0.15) is 75.1 Å². The van der Waals surface area contributed by atoms with Gasteiger partial charge in [-0.3, -0.25) is 48.2 Å². The van der Waals surface area contributed by atoms with Crippen LogP contribution in [0.3, 0.4) is 0 Å². The zero-order valence-electron chi connectivity index (χ0n) is 48.7. The Morgan fingerprint density at radius 2 is 1.51 bits per heavy atom. The van der Waals surface area contributed by atoms with E-state index in [2.05, 4.69) is 56.5 Å². The van der Waals surface area contributed by atoms with Crippen LogP contribution in [0.25, 0.3) is 22.3 Å². The summed E-state index contributed by atoms with van der Waals surface area (Å²) in [4.78, 5) is 138. The largest absolute Gasteiger partial charge is 0.697 e. The number of urea groups is 1. The summed E-state index contributed by atoms with van der Waals surface area (Å²) in [5.74, 6) is -3.82. The van der Waals surface area contributed by atoms with Gasteiger partial charge in [-0.15, -0.1) is 18.5 Å². The molecule has 92 heavy (non-hydrogen) atoms. The second-order valence-corrected chi connectivity index (χ2v) is 23.1. The van der Waals surface area contributed by atoms with E-state index in [4.69, 9.17) is 44.0 Å². The van der Waals surface area contributed by atoms with Crippen molar-refractivity contribution in [1.82, 2.24) is 64.8 Å². The number of rotatable bonds is 28. The monoisotopic (exact) mass is 1330 g/mol. The highest BCUT2D eigenvalue weighted by Gasteiger charge is 2.54. The van der Waals surface area contributed by atoms with Gasteiger partial charge in [0.2, 0.25) is 17.7 Å². The Morgan fingerprint density at radius 1 is 0.815 bits per heavy atom. The van der Waals surface area contributed by atoms with Crippen LogP contribution in [0.15, 0.2) is 61.7 Å². The Labute approximate surface area is 520 Å². The van der Waals surface area contributed by atoms with Crippen LogP contribution in [0.4, 0.5) is 44.9 Å². The van der Waals surface area contributed by atoms with Crippen molar-refractivity contribution < 1.29 is 98.1 Å². The number of nitrogens with one attached hydrogen (secondary N) is 5. The molecule has 1 aromatic carbocycles. The lowest BCUT2D eigenvalue weighted by Gasteiger charge is -2.26. The quantitative estimate of drug-likeness (QED) is 0.0202. The van der Waals surface area contributed by atoms with Gasteiger partial charge in [-0.1, -0.05) is 26.0 Å². The molecule has 8 heterocycles. The van der Waals surface area contributed by atoms with Gasteiger partial charge in [-0.25, -0.2) is 57.5 Å². The first kappa shape index (κ1) is 67.4. The molecule has 13 atom stereocenters. The molecule has 0 saturated carbocycles. The Hall–Kier alpha value is -9.03. The van der Waals surface area contributed by atoms with Gasteiger partial charge < -0.3 is 51.7 Å².